The summed E-state index contributed by atoms with van der Waals surface area (Å²) >= 11 is 6.80. The Morgan fingerprint density at radius 3 is 2.44 bits per heavy atom. The number of thiocarbonyl (C=S) groups is 1. The van der Waals surface area contributed by atoms with Gasteiger partial charge in [-0.05, 0) is 5.56 Å². The number of thioether (sulfide) groups is 1. The van der Waals surface area contributed by atoms with Crippen molar-refractivity contribution in [3.05, 3.63) is 35.4 Å². The minimum Gasteiger partial charge on any atom is -0.389 e. The molecule has 1 aliphatic rings. The van der Waals surface area contributed by atoms with E-state index >= 15 is 0 Å². The molecule has 1 aliphatic heterocycles. The van der Waals surface area contributed by atoms with E-state index < -0.39 is 0 Å². The highest BCUT2D eigenvalue weighted by Gasteiger charge is 2.16. The Kier molecular flexibility index (Phi) is 4.60. The number of carbonyl (C=O) groups is 1. The van der Waals surface area contributed by atoms with Crippen LogP contribution < -0.4 is 5.73 Å². The summed E-state index contributed by atoms with van der Waals surface area (Å²) in [5.41, 5.74) is 7.39. The molecule has 96 valence electrons. The normalized spacial score (nSPS) is 15.4. The number of carbonyl (C=O) groups excluding carboxylic acids is 1. The molecule has 2 rings (SSSR count). The zero-order valence-corrected chi connectivity index (χ0v) is 11.7. The van der Waals surface area contributed by atoms with Gasteiger partial charge in [-0.1, -0.05) is 36.5 Å². The Hall–Kier alpha value is -1.07. The lowest BCUT2D eigenvalue weighted by Crippen LogP contribution is -2.38. The van der Waals surface area contributed by atoms with Crippen LogP contribution in [0.5, 0.6) is 0 Å². The van der Waals surface area contributed by atoms with Gasteiger partial charge in [-0.2, -0.15) is 11.8 Å². The van der Waals surface area contributed by atoms with E-state index in [0.717, 1.165) is 35.7 Å². The van der Waals surface area contributed by atoms with E-state index in [1.54, 1.807) is 0 Å². The van der Waals surface area contributed by atoms with Gasteiger partial charge < -0.3 is 10.6 Å². The van der Waals surface area contributed by atoms with Gasteiger partial charge in [-0.25, -0.2) is 0 Å². The molecule has 0 atom stereocenters. The monoisotopic (exact) mass is 280 g/mol. The Bertz CT molecular complexity index is 439. The summed E-state index contributed by atoms with van der Waals surface area (Å²) in [4.78, 5) is 14.4. The summed E-state index contributed by atoms with van der Waals surface area (Å²) in [5, 5.41) is 0. The standard InChI is InChI=1S/C13H16N2OS2/c14-13(17)11-3-1-10(2-4-11)9-12(16)15-5-7-18-8-6-15/h1-4H,5-9H2,(H2,14,17). The second-order valence-electron chi connectivity index (χ2n) is 4.23. The van der Waals surface area contributed by atoms with E-state index in [9.17, 15) is 4.79 Å². The minimum atomic E-state index is 0.207. The Balaban J connectivity index is 1.96. The first-order valence-electron chi connectivity index (χ1n) is 5.91. The van der Waals surface area contributed by atoms with Crippen LogP contribution in [0.15, 0.2) is 24.3 Å². The van der Waals surface area contributed by atoms with Crippen LogP contribution >= 0.6 is 24.0 Å². The van der Waals surface area contributed by atoms with E-state index in [4.69, 9.17) is 18.0 Å². The third-order valence-electron chi connectivity index (χ3n) is 2.96. The van der Waals surface area contributed by atoms with Crippen LogP contribution in [-0.4, -0.2) is 40.4 Å². The molecule has 5 heteroatoms. The van der Waals surface area contributed by atoms with Crippen LogP contribution in [0.1, 0.15) is 11.1 Å². The maximum Gasteiger partial charge on any atom is 0.227 e. The average Bonchev–Trinajstić information content (AvgIpc) is 2.40. The van der Waals surface area contributed by atoms with E-state index in [1.807, 2.05) is 40.9 Å². The first kappa shape index (κ1) is 13.4. The summed E-state index contributed by atoms with van der Waals surface area (Å²) < 4.78 is 0. The molecule has 2 N–H and O–H groups in total. The molecule has 3 nitrogen and oxygen atoms in total. The summed E-state index contributed by atoms with van der Waals surface area (Å²) in [5.74, 6) is 2.30. The van der Waals surface area contributed by atoms with Crippen LogP contribution in [0.3, 0.4) is 0 Å². The van der Waals surface area contributed by atoms with Crippen LogP contribution in [0.2, 0.25) is 0 Å². The molecule has 1 aromatic carbocycles. The lowest BCUT2D eigenvalue weighted by atomic mass is 10.1. The third kappa shape index (κ3) is 3.46. The summed E-state index contributed by atoms with van der Waals surface area (Å²) in [7, 11) is 0. The summed E-state index contributed by atoms with van der Waals surface area (Å²) in [6.45, 7) is 1.74. The smallest absolute Gasteiger partial charge is 0.227 e. The van der Waals surface area contributed by atoms with Crippen molar-refractivity contribution < 1.29 is 4.79 Å². The minimum absolute atomic E-state index is 0.207. The molecule has 0 aromatic heterocycles. The maximum absolute atomic E-state index is 12.1. The third-order valence-corrected chi connectivity index (χ3v) is 4.14. The molecule has 1 fully saturated rings. The van der Waals surface area contributed by atoms with Gasteiger partial charge in [-0.3, -0.25) is 4.79 Å². The van der Waals surface area contributed by atoms with Crippen molar-refractivity contribution in [1.29, 1.82) is 0 Å². The maximum atomic E-state index is 12.1. The lowest BCUT2D eigenvalue weighted by molar-refractivity contribution is -0.130. The van der Waals surface area contributed by atoms with Gasteiger partial charge >= 0.3 is 0 Å². The molecule has 0 bridgehead atoms. The summed E-state index contributed by atoms with van der Waals surface area (Å²) in [6, 6.07) is 7.59. The number of rotatable bonds is 3. The molecule has 0 saturated carbocycles. The molecule has 18 heavy (non-hydrogen) atoms. The highest BCUT2D eigenvalue weighted by molar-refractivity contribution is 7.99. The van der Waals surface area contributed by atoms with Crippen LogP contribution in [0.25, 0.3) is 0 Å². The topological polar surface area (TPSA) is 46.3 Å². The fraction of sp³-hybridized carbons (Fsp3) is 0.385. The fourth-order valence-electron chi connectivity index (χ4n) is 1.89. The van der Waals surface area contributed by atoms with Crippen molar-refractivity contribution in [3.8, 4) is 0 Å². The first-order valence-corrected chi connectivity index (χ1v) is 7.47. The van der Waals surface area contributed by atoms with E-state index in [-0.39, 0.29) is 5.91 Å². The number of nitrogens with two attached hydrogens (primary N) is 1. The van der Waals surface area contributed by atoms with E-state index in [0.29, 0.717) is 11.4 Å². The molecule has 0 radical (unpaired) electrons. The van der Waals surface area contributed by atoms with Crippen LogP contribution in [0.4, 0.5) is 0 Å². The molecular formula is C13H16N2OS2. The molecule has 0 spiro atoms. The van der Waals surface area contributed by atoms with Gasteiger partial charge in [0.05, 0.1) is 6.42 Å². The highest BCUT2D eigenvalue weighted by atomic mass is 32.2. The number of benzene rings is 1. The van der Waals surface area contributed by atoms with Gasteiger partial charge in [0.15, 0.2) is 0 Å². The highest BCUT2D eigenvalue weighted by Crippen LogP contribution is 2.12. The Morgan fingerprint density at radius 1 is 1.28 bits per heavy atom. The molecule has 1 aromatic rings. The van der Waals surface area contributed by atoms with Crippen molar-refractivity contribution in [2.24, 2.45) is 5.73 Å². The first-order chi connectivity index (χ1) is 8.66. The van der Waals surface area contributed by atoms with Crippen molar-refractivity contribution >= 4 is 34.9 Å². The molecule has 0 aliphatic carbocycles. The molecular weight excluding hydrogens is 264 g/mol. The second kappa shape index (κ2) is 6.20. The SMILES string of the molecule is NC(=S)c1ccc(CC(=O)N2CCSCC2)cc1. The van der Waals surface area contributed by atoms with Gasteiger partial charge in [0, 0.05) is 30.2 Å². The molecule has 0 unspecified atom stereocenters. The van der Waals surface area contributed by atoms with Crippen molar-refractivity contribution in [3.63, 3.8) is 0 Å². The van der Waals surface area contributed by atoms with Gasteiger partial charge in [0.25, 0.3) is 0 Å². The van der Waals surface area contributed by atoms with Crippen LogP contribution in [0, 0.1) is 0 Å². The van der Waals surface area contributed by atoms with E-state index in [2.05, 4.69) is 0 Å². The quantitative estimate of drug-likeness (QED) is 0.851. The number of nitrogens with zero attached hydrogens (tertiary/aromatic N) is 1. The Morgan fingerprint density at radius 2 is 1.89 bits per heavy atom. The number of hydrogen-bond acceptors (Lipinski definition) is 3. The lowest BCUT2D eigenvalue weighted by Gasteiger charge is -2.26. The van der Waals surface area contributed by atoms with Gasteiger partial charge in [-0.15, -0.1) is 0 Å². The molecule has 1 heterocycles. The zero-order chi connectivity index (χ0) is 13.0. The van der Waals surface area contributed by atoms with Crippen LogP contribution in [-0.2, 0) is 11.2 Å². The van der Waals surface area contributed by atoms with Crippen molar-refractivity contribution in [2.75, 3.05) is 24.6 Å². The van der Waals surface area contributed by atoms with Crippen molar-refractivity contribution in [2.45, 2.75) is 6.42 Å². The molecule has 1 amide bonds. The number of amides is 1. The average molecular weight is 280 g/mol. The second-order valence-corrected chi connectivity index (χ2v) is 5.90. The van der Waals surface area contributed by atoms with Gasteiger partial charge in [0.1, 0.15) is 4.99 Å². The predicted molar refractivity (Wildman–Crippen MR) is 79.9 cm³/mol. The predicted octanol–water partition coefficient (Wildman–Crippen LogP) is 1.44. The largest absolute Gasteiger partial charge is 0.389 e. The molecule has 1 saturated heterocycles. The fourth-order valence-corrected chi connectivity index (χ4v) is 2.93. The zero-order valence-electron chi connectivity index (χ0n) is 10.1. The Labute approximate surface area is 117 Å². The summed E-state index contributed by atoms with van der Waals surface area (Å²) in [6.07, 6.45) is 0.461. The van der Waals surface area contributed by atoms with E-state index in [1.165, 1.54) is 0 Å². The number of hydrogen-bond donors (Lipinski definition) is 1. The van der Waals surface area contributed by atoms with Gasteiger partial charge in [0.2, 0.25) is 5.91 Å². The van der Waals surface area contributed by atoms with Crippen molar-refractivity contribution in [1.82, 2.24) is 4.90 Å².